The number of carbonyl (C=O) groups is 1. The molecule has 27 heavy (non-hydrogen) atoms. The predicted octanol–water partition coefficient (Wildman–Crippen LogP) is 2.52. The Hall–Kier alpha value is -2.87. The van der Waals surface area contributed by atoms with Crippen molar-refractivity contribution < 1.29 is 4.79 Å². The van der Waals surface area contributed by atoms with Gasteiger partial charge in [0.25, 0.3) is 11.5 Å². The molecular formula is C19H21N5O2S. The Labute approximate surface area is 161 Å². The van der Waals surface area contributed by atoms with Crippen LogP contribution in [0.4, 0.5) is 0 Å². The molecule has 8 heteroatoms. The second-order valence-corrected chi connectivity index (χ2v) is 7.53. The van der Waals surface area contributed by atoms with E-state index in [9.17, 15) is 9.59 Å². The van der Waals surface area contributed by atoms with Crippen molar-refractivity contribution in [3.8, 4) is 10.6 Å². The number of aryl methyl sites for hydroxylation is 1. The lowest BCUT2D eigenvalue weighted by molar-refractivity contribution is 0.0913. The number of nitrogens with zero attached hydrogens (tertiary/aromatic N) is 4. The molecule has 0 saturated heterocycles. The molecule has 1 amide bonds. The predicted molar refractivity (Wildman–Crippen MR) is 105 cm³/mol. The highest BCUT2D eigenvalue weighted by Gasteiger charge is 2.20. The van der Waals surface area contributed by atoms with E-state index in [1.54, 1.807) is 23.6 Å². The van der Waals surface area contributed by atoms with E-state index < -0.39 is 0 Å². The summed E-state index contributed by atoms with van der Waals surface area (Å²) in [6.07, 6.45) is 3.00. The zero-order chi connectivity index (χ0) is 19.4. The van der Waals surface area contributed by atoms with Gasteiger partial charge in [-0.25, -0.2) is 9.67 Å². The van der Waals surface area contributed by atoms with Crippen LogP contribution in [-0.2, 0) is 6.54 Å². The molecule has 0 aliphatic carbocycles. The fraction of sp³-hybridized carbons (Fsp3) is 0.316. The van der Waals surface area contributed by atoms with Gasteiger partial charge in [-0.05, 0) is 30.4 Å². The second-order valence-electron chi connectivity index (χ2n) is 6.58. The summed E-state index contributed by atoms with van der Waals surface area (Å²) in [6.45, 7) is 6.06. The molecule has 7 nitrogen and oxygen atoms in total. The number of hydrogen-bond acceptors (Lipinski definition) is 6. The Morgan fingerprint density at radius 3 is 2.67 bits per heavy atom. The fourth-order valence-corrected chi connectivity index (χ4v) is 3.19. The van der Waals surface area contributed by atoms with Gasteiger partial charge in [-0.2, -0.15) is 5.10 Å². The Balaban J connectivity index is 1.80. The molecule has 0 aliphatic heterocycles. The van der Waals surface area contributed by atoms with Gasteiger partial charge in [-0.1, -0.05) is 19.9 Å². The fourth-order valence-electron chi connectivity index (χ4n) is 2.50. The molecule has 0 fully saturated rings. The lowest BCUT2D eigenvalue weighted by Crippen LogP contribution is -2.44. The molecule has 0 bridgehead atoms. The van der Waals surface area contributed by atoms with E-state index in [1.807, 2.05) is 38.3 Å². The Kier molecular flexibility index (Phi) is 5.75. The lowest BCUT2D eigenvalue weighted by atomic mass is 10.0. The van der Waals surface area contributed by atoms with Crippen LogP contribution in [0, 0.1) is 12.8 Å². The summed E-state index contributed by atoms with van der Waals surface area (Å²) < 4.78 is 1.40. The quantitative estimate of drug-likeness (QED) is 0.706. The van der Waals surface area contributed by atoms with Crippen LogP contribution in [0.15, 0.2) is 46.8 Å². The molecule has 3 aromatic rings. The van der Waals surface area contributed by atoms with Crippen molar-refractivity contribution in [2.45, 2.75) is 33.4 Å². The number of rotatable bonds is 6. The van der Waals surface area contributed by atoms with Crippen molar-refractivity contribution in [2.75, 3.05) is 0 Å². The summed E-state index contributed by atoms with van der Waals surface area (Å²) in [5, 5.41) is 9.37. The van der Waals surface area contributed by atoms with Crippen LogP contribution in [0.3, 0.4) is 0 Å². The lowest BCUT2D eigenvalue weighted by Gasteiger charge is -2.22. The summed E-state index contributed by atoms with van der Waals surface area (Å²) in [6, 6.07) is 6.85. The molecule has 140 valence electrons. The number of aromatic nitrogens is 4. The molecular weight excluding hydrogens is 362 g/mol. The molecule has 0 unspecified atom stereocenters. The molecule has 0 aromatic carbocycles. The summed E-state index contributed by atoms with van der Waals surface area (Å²) in [7, 11) is 0. The van der Waals surface area contributed by atoms with Crippen LogP contribution >= 0.6 is 11.3 Å². The third kappa shape index (κ3) is 4.65. The van der Waals surface area contributed by atoms with E-state index in [0.717, 1.165) is 16.3 Å². The molecule has 0 saturated carbocycles. The highest BCUT2D eigenvalue weighted by Crippen LogP contribution is 2.21. The molecule has 3 heterocycles. The first kappa shape index (κ1) is 18.9. The highest BCUT2D eigenvalue weighted by atomic mass is 32.1. The van der Waals surface area contributed by atoms with Gasteiger partial charge in [0.05, 0.1) is 29.4 Å². The first-order chi connectivity index (χ1) is 12.9. The van der Waals surface area contributed by atoms with Gasteiger partial charge in [0.2, 0.25) is 0 Å². The third-order valence-corrected chi connectivity index (χ3v) is 5.04. The Morgan fingerprint density at radius 2 is 2.04 bits per heavy atom. The van der Waals surface area contributed by atoms with Gasteiger partial charge < -0.3 is 5.32 Å². The first-order valence-electron chi connectivity index (χ1n) is 8.65. The van der Waals surface area contributed by atoms with Crippen LogP contribution in [0.25, 0.3) is 10.6 Å². The van der Waals surface area contributed by atoms with Gasteiger partial charge in [0, 0.05) is 12.3 Å². The van der Waals surface area contributed by atoms with E-state index in [0.29, 0.717) is 0 Å². The summed E-state index contributed by atoms with van der Waals surface area (Å²) in [4.78, 5) is 33.9. The number of thiophene rings is 1. The van der Waals surface area contributed by atoms with Gasteiger partial charge in [-0.3, -0.25) is 14.6 Å². The molecule has 0 aliphatic rings. The van der Waals surface area contributed by atoms with Crippen LogP contribution in [-0.4, -0.2) is 31.7 Å². The molecule has 3 aromatic heterocycles. The van der Waals surface area contributed by atoms with E-state index in [1.165, 1.54) is 16.9 Å². The second kappa shape index (κ2) is 8.22. The maximum atomic E-state index is 12.5. The molecule has 1 atom stereocenters. The van der Waals surface area contributed by atoms with Gasteiger partial charge >= 0.3 is 0 Å². The smallest absolute Gasteiger partial charge is 0.271 e. The van der Waals surface area contributed by atoms with Crippen molar-refractivity contribution >= 4 is 17.2 Å². The topological polar surface area (TPSA) is 89.8 Å². The van der Waals surface area contributed by atoms with Crippen molar-refractivity contribution in [1.82, 2.24) is 25.1 Å². The minimum Gasteiger partial charge on any atom is -0.346 e. The van der Waals surface area contributed by atoms with Crippen LogP contribution in [0.1, 0.15) is 30.0 Å². The minimum atomic E-state index is -0.316. The van der Waals surface area contributed by atoms with Crippen molar-refractivity contribution in [2.24, 2.45) is 5.92 Å². The number of hydrogen-bond donors (Lipinski definition) is 1. The van der Waals surface area contributed by atoms with Crippen molar-refractivity contribution in [3.63, 3.8) is 0 Å². The normalized spacial score (nSPS) is 12.1. The van der Waals surface area contributed by atoms with E-state index in [4.69, 9.17) is 0 Å². The van der Waals surface area contributed by atoms with Crippen molar-refractivity contribution in [3.05, 3.63) is 63.8 Å². The van der Waals surface area contributed by atoms with E-state index >= 15 is 0 Å². The number of carbonyl (C=O) groups excluding carboxylic acids is 1. The molecule has 3 rings (SSSR count). The van der Waals surface area contributed by atoms with Crippen LogP contribution < -0.4 is 10.9 Å². The molecule has 1 N–H and O–H groups in total. The van der Waals surface area contributed by atoms with Crippen LogP contribution in [0.2, 0.25) is 0 Å². The summed E-state index contributed by atoms with van der Waals surface area (Å²) in [5.41, 5.74) is 1.53. The SMILES string of the molecule is Cc1cnc(C(=O)N[C@H](Cn2nc(-c3cccs3)ccc2=O)C(C)C)cn1. The first-order valence-corrected chi connectivity index (χ1v) is 9.53. The maximum absolute atomic E-state index is 12.5. The molecule has 0 spiro atoms. The number of amides is 1. The van der Waals surface area contributed by atoms with Gasteiger partial charge in [0.15, 0.2) is 0 Å². The molecule has 0 radical (unpaired) electrons. The maximum Gasteiger partial charge on any atom is 0.271 e. The number of nitrogens with one attached hydrogen (secondary N) is 1. The zero-order valence-corrected chi connectivity index (χ0v) is 16.2. The highest BCUT2D eigenvalue weighted by molar-refractivity contribution is 7.13. The largest absolute Gasteiger partial charge is 0.346 e. The zero-order valence-electron chi connectivity index (χ0n) is 15.4. The average molecular weight is 383 g/mol. The van der Waals surface area contributed by atoms with Crippen molar-refractivity contribution in [1.29, 1.82) is 0 Å². The average Bonchev–Trinajstić information content (AvgIpc) is 3.18. The Bertz CT molecular complexity index is 965. The van der Waals surface area contributed by atoms with Crippen LogP contribution in [0.5, 0.6) is 0 Å². The summed E-state index contributed by atoms with van der Waals surface area (Å²) >= 11 is 1.56. The third-order valence-electron chi connectivity index (χ3n) is 4.14. The standard InChI is InChI=1S/C19H21N5O2S/c1-12(2)16(22-19(26)15-10-20-13(3)9-21-15)11-24-18(25)7-6-14(23-24)17-5-4-8-27-17/h4-10,12,16H,11H2,1-3H3,(H,22,26)/t16-/m1/s1. The van der Waals surface area contributed by atoms with Gasteiger partial charge in [-0.15, -0.1) is 11.3 Å². The van der Waals surface area contributed by atoms with E-state index in [2.05, 4.69) is 20.4 Å². The summed E-state index contributed by atoms with van der Waals surface area (Å²) in [5.74, 6) is -0.213. The van der Waals surface area contributed by atoms with Gasteiger partial charge in [0.1, 0.15) is 11.4 Å². The minimum absolute atomic E-state index is 0.103. The monoisotopic (exact) mass is 383 g/mol. The Morgan fingerprint density at radius 1 is 1.22 bits per heavy atom. The van der Waals surface area contributed by atoms with E-state index in [-0.39, 0.29) is 35.7 Å².